The van der Waals surface area contributed by atoms with Crippen LogP contribution in [0.4, 0.5) is 0 Å². The van der Waals surface area contributed by atoms with Crippen LogP contribution in [-0.2, 0) is 19.8 Å². The molecule has 7 heteroatoms. The van der Waals surface area contributed by atoms with Gasteiger partial charge < -0.3 is 4.57 Å². The largest absolute Gasteiger partial charge is 0.300 e. The van der Waals surface area contributed by atoms with Crippen LogP contribution in [0.5, 0.6) is 0 Å². The van der Waals surface area contributed by atoms with Crippen LogP contribution in [0.15, 0.2) is 41.1 Å². The van der Waals surface area contributed by atoms with Crippen molar-refractivity contribution in [3.05, 3.63) is 56.4 Å². The third-order valence-electron chi connectivity index (χ3n) is 3.75. The van der Waals surface area contributed by atoms with Gasteiger partial charge in [-0.2, -0.15) is 16.4 Å². The van der Waals surface area contributed by atoms with Crippen LogP contribution in [0.25, 0.3) is 11.4 Å². The minimum Gasteiger partial charge on any atom is -0.300 e. The highest BCUT2D eigenvalue weighted by molar-refractivity contribution is 7.71. The number of nitrogens with zero attached hydrogens (tertiary/aromatic N) is 4. The predicted octanol–water partition coefficient (Wildman–Crippen LogP) is 4.91. The maximum Gasteiger partial charge on any atom is 0.199 e. The van der Waals surface area contributed by atoms with Crippen LogP contribution >= 0.6 is 35.2 Å². The van der Waals surface area contributed by atoms with E-state index in [0.717, 1.165) is 34.3 Å². The fourth-order valence-electron chi connectivity index (χ4n) is 2.60. The number of thiophene rings is 1. The first kappa shape index (κ1) is 17.4. The smallest absolute Gasteiger partial charge is 0.199 e. The van der Waals surface area contributed by atoms with Crippen molar-refractivity contribution in [1.82, 2.24) is 19.2 Å². The number of halogens is 1. The molecule has 2 aromatic heterocycles. The third-order valence-corrected chi connectivity index (χ3v) is 5.16. The van der Waals surface area contributed by atoms with Gasteiger partial charge in [0.1, 0.15) is 0 Å². The normalized spacial score (nSPS) is 11.3. The minimum absolute atomic E-state index is 0.655. The molecule has 3 aromatic rings. The topological polar surface area (TPSA) is 26.0 Å². The van der Waals surface area contributed by atoms with Gasteiger partial charge in [0.25, 0.3) is 0 Å². The summed E-state index contributed by atoms with van der Waals surface area (Å²) in [7, 11) is 2.08. The quantitative estimate of drug-likeness (QED) is 0.570. The molecule has 0 saturated carbocycles. The van der Waals surface area contributed by atoms with E-state index < -0.39 is 0 Å². The molecule has 0 bridgehead atoms. The molecule has 0 aliphatic heterocycles. The molecule has 4 nitrogen and oxygen atoms in total. The lowest BCUT2D eigenvalue weighted by atomic mass is 10.2. The fourth-order valence-corrected chi connectivity index (χ4v) is 3.70. The molecule has 0 unspecified atom stereocenters. The number of aromatic nitrogens is 3. The van der Waals surface area contributed by atoms with Gasteiger partial charge in [-0.1, -0.05) is 11.6 Å². The molecule has 0 N–H and O–H groups in total. The summed E-state index contributed by atoms with van der Waals surface area (Å²) in [6.45, 7) is 4.39. The van der Waals surface area contributed by atoms with Crippen molar-refractivity contribution in [2.75, 3.05) is 7.05 Å². The minimum atomic E-state index is 0.655. The Kier molecular flexibility index (Phi) is 5.50. The Labute approximate surface area is 155 Å². The summed E-state index contributed by atoms with van der Waals surface area (Å²) < 4.78 is 4.67. The fraction of sp³-hybridized carbons (Fsp3) is 0.294. The number of hydrogen-bond acceptors (Lipinski definition) is 4. The van der Waals surface area contributed by atoms with Gasteiger partial charge in [0.2, 0.25) is 0 Å². The highest BCUT2D eigenvalue weighted by atomic mass is 35.5. The van der Waals surface area contributed by atoms with Gasteiger partial charge in [0.15, 0.2) is 10.6 Å². The van der Waals surface area contributed by atoms with E-state index in [9.17, 15) is 0 Å². The molecule has 0 aliphatic rings. The molecule has 0 fully saturated rings. The molecule has 0 radical (unpaired) electrons. The summed E-state index contributed by atoms with van der Waals surface area (Å²) in [4.78, 5) is 2.20. The maximum atomic E-state index is 5.99. The van der Waals surface area contributed by atoms with Gasteiger partial charge in [-0.15, -0.1) is 0 Å². The van der Waals surface area contributed by atoms with Crippen molar-refractivity contribution >= 4 is 35.2 Å². The van der Waals surface area contributed by atoms with Gasteiger partial charge in [0.05, 0.1) is 6.67 Å². The van der Waals surface area contributed by atoms with Crippen LogP contribution in [-0.4, -0.2) is 26.3 Å². The summed E-state index contributed by atoms with van der Waals surface area (Å²) in [5.41, 5.74) is 2.33. The lowest BCUT2D eigenvalue weighted by Gasteiger charge is -2.15. The molecule has 2 heterocycles. The van der Waals surface area contributed by atoms with E-state index in [0.29, 0.717) is 6.67 Å². The lowest BCUT2D eigenvalue weighted by molar-refractivity contribution is 0.244. The average Bonchev–Trinajstić information content (AvgIpc) is 3.17. The second kappa shape index (κ2) is 7.61. The van der Waals surface area contributed by atoms with Crippen LogP contribution in [0.2, 0.25) is 5.02 Å². The molecule has 0 amide bonds. The third kappa shape index (κ3) is 3.78. The molecular weight excluding hydrogens is 360 g/mol. The molecule has 0 atom stereocenters. The van der Waals surface area contributed by atoms with Crippen LogP contribution in [0.3, 0.4) is 0 Å². The molecular formula is C17H19ClN4S2. The first-order chi connectivity index (χ1) is 11.6. The van der Waals surface area contributed by atoms with E-state index in [-0.39, 0.29) is 0 Å². The van der Waals surface area contributed by atoms with E-state index in [1.54, 1.807) is 11.3 Å². The second-order valence-corrected chi connectivity index (χ2v) is 7.23. The number of hydrogen-bond donors (Lipinski definition) is 0. The van der Waals surface area contributed by atoms with Crippen LogP contribution < -0.4 is 0 Å². The van der Waals surface area contributed by atoms with Gasteiger partial charge in [0, 0.05) is 23.7 Å². The van der Waals surface area contributed by atoms with Crippen molar-refractivity contribution in [3.63, 3.8) is 0 Å². The molecule has 0 saturated heterocycles. The number of benzene rings is 1. The summed E-state index contributed by atoms with van der Waals surface area (Å²) in [6, 6.07) is 9.85. The zero-order valence-corrected chi connectivity index (χ0v) is 16.0. The average molecular weight is 379 g/mol. The Morgan fingerprint density at radius 2 is 2.00 bits per heavy atom. The first-order valence-electron chi connectivity index (χ1n) is 7.71. The van der Waals surface area contributed by atoms with Crippen molar-refractivity contribution in [2.24, 2.45) is 0 Å². The molecule has 126 valence electrons. The number of rotatable bonds is 6. The SMILES string of the molecule is CCn1c(-c2ccc(Cl)cc2)nn(CN(C)Cc2ccsc2)c1=S. The highest BCUT2D eigenvalue weighted by Crippen LogP contribution is 2.21. The van der Waals surface area contributed by atoms with Crippen molar-refractivity contribution < 1.29 is 0 Å². The van der Waals surface area contributed by atoms with Gasteiger partial charge in [-0.3, -0.25) is 4.90 Å². The summed E-state index contributed by atoms with van der Waals surface area (Å²) in [5, 5.41) is 9.72. The first-order valence-corrected chi connectivity index (χ1v) is 9.44. The molecule has 0 aliphatic carbocycles. The lowest BCUT2D eigenvalue weighted by Crippen LogP contribution is -2.22. The van der Waals surface area contributed by atoms with E-state index >= 15 is 0 Å². The van der Waals surface area contributed by atoms with Gasteiger partial charge >= 0.3 is 0 Å². The Bertz CT molecular complexity index is 850. The molecule has 24 heavy (non-hydrogen) atoms. The van der Waals surface area contributed by atoms with Crippen LogP contribution in [0, 0.1) is 4.77 Å². The van der Waals surface area contributed by atoms with Crippen molar-refractivity contribution in [3.8, 4) is 11.4 Å². The van der Waals surface area contributed by atoms with Crippen LogP contribution in [0.1, 0.15) is 12.5 Å². The van der Waals surface area contributed by atoms with E-state index in [1.165, 1.54) is 5.56 Å². The van der Waals surface area contributed by atoms with E-state index in [4.69, 9.17) is 28.9 Å². The molecule has 1 aromatic carbocycles. The summed E-state index contributed by atoms with van der Waals surface area (Å²) in [5.74, 6) is 0.878. The van der Waals surface area contributed by atoms with Crippen molar-refractivity contribution in [2.45, 2.75) is 26.7 Å². The monoisotopic (exact) mass is 378 g/mol. The zero-order valence-electron chi connectivity index (χ0n) is 13.6. The second-order valence-electron chi connectivity index (χ2n) is 5.64. The Morgan fingerprint density at radius 3 is 2.62 bits per heavy atom. The predicted molar refractivity (Wildman–Crippen MR) is 103 cm³/mol. The Balaban J connectivity index is 1.86. The maximum absolute atomic E-state index is 5.99. The Morgan fingerprint density at radius 1 is 1.25 bits per heavy atom. The summed E-state index contributed by atoms with van der Waals surface area (Å²) in [6.07, 6.45) is 0. The van der Waals surface area contributed by atoms with E-state index in [1.807, 2.05) is 28.9 Å². The van der Waals surface area contributed by atoms with Gasteiger partial charge in [-0.05, 0) is 72.8 Å². The van der Waals surface area contributed by atoms with Crippen molar-refractivity contribution in [1.29, 1.82) is 0 Å². The molecule has 0 spiro atoms. The molecule has 3 rings (SSSR count). The standard InChI is InChI=1S/C17H19ClN4S2/c1-3-21-16(14-4-6-15(18)7-5-14)19-22(17(21)23)12-20(2)10-13-8-9-24-11-13/h4-9,11H,3,10,12H2,1-2H3. The summed E-state index contributed by atoms with van der Waals surface area (Å²) >= 11 is 13.3. The Hall–Kier alpha value is -1.47. The van der Waals surface area contributed by atoms with Gasteiger partial charge in [-0.25, -0.2) is 4.68 Å². The van der Waals surface area contributed by atoms with E-state index in [2.05, 4.69) is 40.3 Å². The zero-order chi connectivity index (χ0) is 17.1. The highest BCUT2D eigenvalue weighted by Gasteiger charge is 2.13.